The minimum absolute atomic E-state index is 0.244. The zero-order chi connectivity index (χ0) is 16.3. The highest BCUT2D eigenvalue weighted by molar-refractivity contribution is 5.95. The Hall–Kier alpha value is -1.83. The number of carboxylic acids is 1. The summed E-state index contributed by atoms with van der Waals surface area (Å²) in [5.41, 5.74) is 6.45. The molecule has 1 aliphatic carbocycles. The Kier molecular flexibility index (Phi) is 5.23. The number of benzene rings is 1. The van der Waals surface area contributed by atoms with Crippen LogP contribution in [-0.2, 0) is 17.6 Å². The van der Waals surface area contributed by atoms with Gasteiger partial charge >= 0.3 is 5.97 Å². The highest BCUT2D eigenvalue weighted by Crippen LogP contribution is 2.41. The minimum Gasteiger partial charge on any atom is -0.478 e. The van der Waals surface area contributed by atoms with Crippen molar-refractivity contribution in [2.75, 3.05) is 0 Å². The molecule has 1 saturated carbocycles. The molecule has 118 valence electrons. The summed E-state index contributed by atoms with van der Waals surface area (Å²) >= 11 is 0. The number of allylic oxidation sites excluding steroid dienone is 3. The molecule has 1 aromatic carbocycles. The summed E-state index contributed by atoms with van der Waals surface area (Å²) in [6.45, 7) is 8.29. The van der Waals surface area contributed by atoms with E-state index in [-0.39, 0.29) is 5.92 Å². The summed E-state index contributed by atoms with van der Waals surface area (Å²) < 4.78 is 0. The molecular formula is C20H26O2. The van der Waals surface area contributed by atoms with Crippen LogP contribution in [0, 0.1) is 5.92 Å². The van der Waals surface area contributed by atoms with Crippen molar-refractivity contribution in [3.05, 3.63) is 52.1 Å². The molecule has 0 spiro atoms. The molecule has 0 aliphatic heterocycles. The maximum absolute atomic E-state index is 11.6. The number of aliphatic carboxylic acids is 1. The summed E-state index contributed by atoms with van der Waals surface area (Å²) in [6, 6.07) is 6.54. The van der Waals surface area contributed by atoms with Gasteiger partial charge in [0.2, 0.25) is 0 Å². The molecule has 2 heteroatoms. The Morgan fingerprint density at radius 3 is 2.32 bits per heavy atom. The maximum Gasteiger partial charge on any atom is 0.332 e. The zero-order valence-corrected chi connectivity index (χ0v) is 14.1. The van der Waals surface area contributed by atoms with Crippen LogP contribution >= 0.6 is 0 Å². The van der Waals surface area contributed by atoms with Gasteiger partial charge in [-0.25, -0.2) is 4.79 Å². The molecule has 0 unspecified atom stereocenters. The number of hydrogen-bond donors (Lipinski definition) is 1. The van der Waals surface area contributed by atoms with Crippen molar-refractivity contribution >= 4 is 11.5 Å². The Labute approximate surface area is 133 Å². The molecule has 22 heavy (non-hydrogen) atoms. The molecule has 0 saturated heterocycles. The van der Waals surface area contributed by atoms with Gasteiger partial charge in [-0.15, -0.1) is 0 Å². The van der Waals surface area contributed by atoms with Gasteiger partial charge in [-0.3, -0.25) is 0 Å². The fourth-order valence-electron chi connectivity index (χ4n) is 3.23. The normalized spacial score (nSPS) is 16.5. The first-order valence-corrected chi connectivity index (χ1v) is 8.26. The molecule has 0 amide bonds. The van der Waals surface area contributed by atoms with E-state index in [0.717, 1.165) is 42.4 Å². The largest absolute Gasteiger partial charge is 0.478 e. The van der Waals surface area contributed by atoms with E-state index < -0.39 is 5.97 Å². The summed E-state index contributed by atoms with van der Waals surface area (Å²) in [7, 11) is 0. The summed E-state index contributed by atoms with van der Waals surface area (Å²) in [6.07, 6.45) is 6.09. The zero-order valence-electron chi connectivity index (χ0n) is 14.1. The third kappa shape index (κ3) is 3.32. The molecule has 1 fully saturated rings. The predicted molar refractivity (Wildman–Crippen MR) is 91.9 cm³/mol. The highest BCUT2D eigenvalue weighted by Gasteiger charge is 2.32. The van der Waals surface area contributed by atoms with Crippen molar-refractivity contribution in [1.29, 1.82) is 0 Å². The maximum atomic E-state index is 11.6. The average molecular weight is 298 g/mol. The Morgan fingerprint density at radius 1 is 1.23 bits per heavy atom. The number of carboxylic acid groups (broad SMARTS) is 1. The smallest absolute Gasteiger partial charge is 0.332 e. The van der Waals surface area contributed by atoms with Gasteiger partial charge in [0.05, 0.1) is 0 Å². The van der Waals surface area contributed by atoms with Gasteiger partial charge in [-0.2, -0.15) is 0 Å². The lowest BCUT2D eigenvalue weighted by molar-refractivity contribution is -0.133. The monoisotopic (exact) mass is 298 g/mol. The Balaban J connectivity index is 2.48. The summed E-state index contributed by atoms with van der Waals surface area (Å²) in [4.78, 5) is 11.6. The van der Waals surface area contributed by atoms with Crippen molar-refractivity contribution in [2.24, 2.45) is 5.92 Å². The SMILES string of the molecule is CC=C(C(C)=C(C(=O)O)C1CC1)c1ccc(CC)c(CC)c1. The Bertz CT molecular complexity index is 631. The van der Waals surface area contributed by atoms with E-state index in [1.165, 1.54) is 11.1 Å². The van der Waals surface area contributed by atoms with E-state index in [1.54, 1.807) is 0 Å². The first kappa shape index (κ1) is 16.5. The van der Waals surface area contributed by atoms with E-state index in [0.29, 0.717) is 5.57 Å². The van der Waals surface area contributed by atoms with E-state index in [2.05, 4.69) is 32.0 Å². The fourth-order valence-corrected chi connectivity index (χ4v) is 3.23. The van der Waals surface area contributed by atoms with E-state index in [1.807, 2.05) is 19.9 Å². The lowest BCUT2D eigenvalue weighted by Gasteiger charge is -2.15. The van der Waals surface area contributed by atoms with E-state index in [4.69, 9.17) is 0 Å². The van der Waals surface area contributed by atoms with Crippen LogP contribution in [0.4, 0.5) is 0 Å². The number of carbonyl (C=O) groups is 1. The molecule has 0 heterocycles. The highest BCUT2D eigenvalue weighted by atomic mass is 16.4. The second-order valence-electron chi connectivity index (χ2n) is 6.01. The van der Waals surface area contributed by atoms with Gasteiger partial charge < -0.3 is 5.11 Å². The Morgan fingerprint density at radius 2 is 1.86 bits per heavy atom. The number of rotatable bonds is 6. The third-order valence-corrected chi connectivity index (χ3v) is 4.59. The van der Waals surface area contributed by atoms with Crippen LogP contribution in [0.1, 0.15) is 57.2 Å². The lowest BCUT2D eigenvalue weighted by atomic mass is 9.90. The van der Waals surface area contributed by atoms with Crippen LogP contribution in [-0.4, -0.2) is 11.1 Å². The summed E-state index contributed by atoms with van der Waals surface area (Å²) in [5.74, 6) is -0.520. The van der Waals surface area contributed by atoms with Gasteiger partial charge in [0.1, 0.15) is 0 Å². The number of hydrogen-bond acceptors (Lipinski definition) is 1. The van der Waals surface area contributed by atoms with Gasteiger partial charge in [-0.1, -0.05) is 38.1 Å². The first-order valence-electron chi connectivity index (χ1n) is 8.26. The molecule has 0 atom stereocenters. The van der Waals surface area contributed by atoms with E-state index in [9.17, 15) is 9.90 Å². The second kappa shape index (κ2) is 6.95. The van der Waals surface area contributed by atoms with Crippen molar-refractivity contribution in [2.45, 2.75) is 53.4 Å². The number of aryl methyl sites for hydroxylation is 2. The van der Waals surface area contributed by atoms with Gasteiger partial charge in [0.15, 0.2) is 0 Å². The predicted octanol–water partition coefficient (Wildman–Crippen LogP) is 5.03. The van der Waals surface area contributed by atoms with Crippen LogP contribution in [0.2, 0.25) is 0 Å². The molecule has 2 nitrogen and oxygen atoms in total. The average Bonchev–Trinajstić information content (AvgIpc) is 3.32. The topological polar surface area (TPSA) is 37.3 Å². The first-order chi connectivity index (χ1) is 10.5. The fraction of sp³-hybridized carbons (Fsp3) is 0.450. The van der Waals surface area contributed by atoms with Crippen molar-refractivity contribution in [3.63, 3.8) is 0 Å². The van der Waals surface area contributed by atoms with Crippen LogP contribution in [0.5, 0.6) is 0 Å². The molecule has 0 bridgehead atoms. The second-order valence-corrected chi connectivity index (χ2v) is 6.01. The molecule has 0 radical (unpaired) electrons. The van der Waals surface area contributed by atoms with E-state index >= 15 is 0 Å². The van der Waals surface area contributed by atoms with Crippen molar-refractivity contribution in [1.82, 2.24) is 0 Å². The quantitative estimate of drug-likeness (QED) is 0.591. The van der Waals surface area contributed by atoms with Gasteiger partial charge in [0.25, 0.3) is 0 Å². The lowest BCUT2D eigenvalue weighted by Crippen LogP contribution is -2.07. The van der Waals surface area contributed by atoms with Gasteiger partial charge in [-0.05, 0) is 73.3 Å². The van der Waals surface area contributed by atoms with Crippen LogP contribution < -0.4 is 0 Å². The van der Waals surface area contributed by atoms with Crippen LogP contribution in [0.25, 0.3) is 5.57 Å². The standard InChI is InChI=1S/C20H26O2/c1-5-14-8-11-17(12-15(14)6-2)18(7-3)13(4)19(20(21)22)16-9-10-16/h7-8,11-12,16H,5-6,9-10H2,1-4H3,(H,21,22). The summed E-state index contributed by atoms with van der Waals surface area (Å²) in [5, 5.41) is 9.54. The van der Waals surface area contributed by atoms with Crippen LogP contribution in [0.3, 0.4) is 0 Å². The van der Waals surface area contributed by atoms with Crippen LogP contribution in [0.15, 0.2) is 35.4 Å². The molecular weight excluding hydrogens is 272 g/mol. The molecule has 0 aromatic heterocycles. The molecule has 1 N–H and O–H groups in total. The third-order valence-electron chi connectivity index (χ3n) is 4.59. The molecule has 2 rings (SSSR count). The van der Waals surface area contributed by atoms with Gasteiger partial charge in [0, 0.05) is 5.57 Å². The van der Waals surface area contributed by atoms with Crippen molar-refractivity contribution < 1.29 is 9.90 Å². The van der Waals surface area contributed by atoms with Crippen molar-refractivity contribution in [3.8, 4) is 0 Å². The minimum atomic E-state index is -0.764. The molecule has 1 aromatic rings. The molecule has 1 aliphatic rings.